The summed E-state index contributed by atoms with van der Waals surface area (Å²) in [7, 11) is 0. The molecule has 0 aliphatic heterocycles. The Morgan fingerprint density at radius 3 is 2.83 bits per heavy atom. The van der Waals surface area contributed by atoms with Crippen LogP contribution in [0, 0.1) is 6.92 Å². The molecule has 0 saturated heterocycles. The van der Waals surface area contributed by atoms with E-state index in [2.05, 4.69) is 65.2 Å². The van der Waals surface area contributed by atoms with Crippen molar-refractivity contribution in [2.24, 2.45) is 0 Å². The normalized spacial score (nSPS) is 11.1. The minimum absolute atomic E-state index is 0.827. The highest BCUT2D eigenvalue weighted by Crippen LogP contribution is 2.28. The fraction of sp³-hybridized carbons (Fsp3) is 0.389. The van der Waals surface area contributed by atoms with Crippen molar-refractivity contribution in [3.05, 3.63) is 46.7 Å². The first-order valence-corrected chi connectivity index (χ1v) is 10.1. The maximum absolute atomic E-state index is 4.78. The summed E-state index contributed by atoms with van der Waals surface area (Å²) >= 11 is 3.42. The van der Waals surface area contributed by atoms with Crippen LogP contribution in [0.5, 0.6) is 0 Å². The first kappa shape index (κ1) is 17.2. The predicted octanol–water partition coefficient (Wildman–Crippen LogP) is 4.97. The van der Waals surface area contributed by atoms with Gasteiger partial charge in [0.25, 0.3) is 0 Å². The third kappa shape index (κ3) is 3.87. The Kier molecular flexibility index (Phi) is 5.68. The van der Waals surface area contributed by atoms with Crippen LogP contribution in [0.25, 0.3) is 10.6 Å². The number of rotatable bonds is 7. The molecule has 0 aliphatic carbocycles. The van der Waals surface area contributed by atoms with Crippen molar-refractivity contribution >= 4 is 23.1 Å². The molecule has 0 amide bonds. The monoisotopic (exact) mass is 358 g/mol. The van der Waals surface area contributed by atoms with Crippen molar-refractivity contribution in [3.8, 4) is 10.6 Å². The molecule has 3 rings (SSSR count). The fourth-order valence-corrected chi connectivity index (χ4v) is 4.36. The number of hydrogen-bond acceptors (Lipinski definition) is 5. The van der Waals surface area contributed by atoms with E-state index in [1.807, 2.05) is 0 Å². The molecule has 0 unspecified atom stereocenters. The molecule has 3 aromatic rings. The first-order chi connectivity index (χ1) is 11.7. The summed E-state index contributed by atoms with van der Waals surface area (Å²) in [6, 6.07) is 8.50. The molecule has 0 bridgehead atoms. The van der Waals surface area contributed by atoms with E-state index in [0.29, 0.717) is 0 Å². The molecule has 2 aromatic heterocycles. The Bertz CT molecular complexity index is 807. The zero-order valence-electron chi connectivity index (χ0n) is 14.3. The van der Waals surface area contributed by atoms with E-state index in [9.17, 15) is 0 Å². The van der Waals surface area contributed by atoms with Crippen molar-refractivity contribution < 1.29 is 0 Å². The Morgan fingerprint density at radius 2 is 2.08 bits per heavy atom. The molecular formula is C18H22N4S2. The average Bonchev–Trinajstić information content (AvgIpc) is 3.20. The average molecular weight is 359 g/mol. The standard InChI is InChI=1S/C18H22N4S2/c1-4-9-22-16(5-2)20-21-18(22)24-12-15-11-23-17(19-15)14-8-6-7-13(3)10-14/h6-8,10-11H,4-5,9,12H2,1-3H3. The van der Waals surface area contributed by atoms with Gasteiger partial charge in [-0.1, -0.05) is 49.4 Å². The van der Waals surface area contributed by atoms with Crippen LogP contribution in [0.4, 0.5) is 0 Å². The van der Waals surface area contributed by atoms with Crippen LogP contribution in [0.15, 0.2) is 34.8 Å². The fourth-order valence-electron chi connectivity index (χ4n) is 2.56. The number of aryl methyl sites for hydroxylation is 2. The topological polar surface area (TPSA) is 43.6 Å². The van der Waals surface area contributed by atoms with Crippen LogP contribution in [-0.4, -0.2) is 19.7 Å². The first-order valence-electron chi connectivity index (χ1n) is 8.27. The van der Waals surface area contributed by atoms with Gasteiger partial charge in [-0.3, -0.25) is 0 Å². The zero-order valence-corrected chi connectivity index (χ0v) is 16.0. The molecule has 1 aromatic carbocycles. The Labute approximate surface area is 151 Å². The molecule has 4 nitrogen and oxygen atoms in total. The van der Waals surface area contributed by atoms with Gasteiger partial charge in [0.2, 0.25) is 0 Å². The lowest BCUT2D eigenvalue weighted by Crippen LogP contribution is -2.04. The van der Waals surface area contributed by atoms with E-state index < -0.39 is 0 Å². The minimum Gasteiger partial charge on any atom is -0.306 e. The maximum Gasteiger partial charge on any atom is 0.191 e. The van der Waals surface area contributed by atoms with Gasteiger partial charge in [-0.2, -0.15) is 0 Å². The SMILES string of the molecule is CCCn1c(CC)nnc1SCc1csc(-c2cccc(C)c2)n1. The van der Waals surface area contributed by atoms with Crippen LogP contribution in [0.1, 0.15) is 37.4 Å². The molecule has 126 valence electrons. The van der Waals surface area contributed by atoms with Gasteiger partial charge in [0.15, 0.2) is 5.16 Å². The molecule has 0 atom stereocenters. The summed E-state index contributed by atoms with van der Waals surface area (Å²) < 4.78 is 2.23. The third-order valence-corrected chi connectivity index (χ3v) is 5.66. The predicted molar refractivity (Wildman–Crippen MR) is 102 cm³/mol. The summed E-state index contributed by atoms with van der Waals surface area (Å²) in [5.74, 6) is 1.89. The smallest absolute Gasteiger partial charge is 0.191 e. The van der Waals surface area contributed by atoms with Gasteiger partial charge in [0.05, 0.1) is 5.69 Å². The van der Waals surface area contributed by atoms with E-state index in [0.717, 1.165) is 46.8 Å². The molecule has 0 N–H and O–H groups in total. The Hall–Kier alpha value is -1.66. The van der Waals surface area contributed by atoms with Gasteiger partial charge in [-0.25, -0.2) is 4.98 Å². The van der Waals surface area contributed by atoms with Crippen LogP contribution >= 0.6 is 23.1 Å². The van der Waals surface area contributed by atoms with E-state index in [1.165, 1.54) is 11.1 Å². The maximum atomic E-state index is 4.78. The van der Waals surface area contributed by atoms with E-state index in [1.54, 1.807) is 23.1 Å². The number of thioether (sulfide) groups is 1. The number of benzene rings is 1. The lowest BCUT2D eigenvalue weighted by atomic mass is 10.1. The number of thiazole rings is 1. The van der Waals surface area contributed by atoms with Gasteiger partial charge >= 0.3 is 0 Å². The second-order valence-corrected chi connectivity index (χ2v) is 7.51. The highest BCUT2D eigenvalue weighted by molar-refractivity contribution is 7.98. The molecule has 24 heavy (non-hydrogen) atoms. The lowest BCUT2D eigenvalue weighted by molar-refractivity contribution is 0.595. The summed E-state index contributed by atoms with van der Waals surface area (Å²) in [4.78, 5) is 4.78. The number of hydrogen-bond donors (Lipinski definition) is 0. The number of nitrogens with zero attached hydrogens (tertiary/aromatic N) is 4. The molecule has 6 heteroatoms. The Balaban J connectivity index is 1.71. The number of aromatic nitrogens is 4. The quantitative estimate of drug-likeness (QED) is 0.559. The van der Waals surface area contributed by atoms with Gasteiger partial charge in [-0.15, -0.1) is 21.5 Å². The van der Waals surface area contributed by atoms with Crippen molar-refractivity contribution in [2.45, 2.75) is 51.1 Å². The zero-order chi connectivity index (χ0) is 16.9. The van der Waals surface area contributed by atoms with Crippen molar-refractivity contribution in [1.82, 2.24) is 19.7 Å². The van der Waals surface area contributed by atoms with Gasteiger partial charge in [0.1, 0.15) is 10.8 Å². The van der Waals surface area contributed by atoms with E-state index >= 15 is 0 Å². The minimum atomic E-state index is 0.827. The summed E-state index contributed by atoms with van der Waals surface area (Å²) in [5, 5.41) is 12.9. The highest BCUT2D eigenvalue weighted by Gasteiger charge is 2.12. The molecule has 2 heterocycles. The van der Waals surface area contributed by atoms with Gasteiger partial charge in [0, 0.05) is 29.7 Å². The summed E-state index contributed by atoms with van der Waals surface area (Å²) in [6.07, 6.45) is 2.01. The van der Waals surface area contributed by atoms with Crippen molar-refractivity contribution in [3.63, 3.8) is 0 Å². The molecule has 0 spiro atoms. The Morgan fingerprint density at radius 1 is 1.21 bits per heavy atom. The molecule has 0 fully saturated rings. The van der Waals surface area contributed by atoms with E-state index in [-0.39, 0.29) is 0 Å². The van der Waals surface area contributed by atoms with Crippen LogP contribution in [0.3, 0.4) is 0 Å². The van der Waals surface area contributed by atoms with Crippen LogP contribution in [-0.2, 0) is 18.7 Å². The van der Waals surface area contributed by atoms with Crippen molar-refractivity contribution in [1.29, 1.82) is 0 Å². The van der Waals surface area contributed by atoms with Crippen LogP contribution < -0.4 is 0 Å². The summed E-state index contributed by atoms with van der Waals surface area (Å²) in [6.45, 7) is 7.39. The second-order valence-electron chi connectivity index (χ2n) is 5.71. The van der Waals surface area contributed by atoms with Crippen LogP contribution in [0.2, 0.25) is 0 Å². The molecule has 0 aliphatic rings. The van der Waals surface area contributed by atoms with Gasteiger partial charge < -0.3 is 4.57 Å². The molecular weight excluding hydrogens is 336 g/mol. The van der Waals surface area contributed by atoms with Crippen molar-refractivity contribution in [2.75, 3.05) is 0 Å². The third-order valence-electron chi connectivity index (χ3n) is 3.72. The largest absolute Gasteiger partial charge is 0.306 e. The summed E-state index contributed by atoms with van der Waals surface area (Å²) in [5.41, 5.74) is 3.56. The van der Waals surface area contributed by atoms with E-state index in [4.69, 9.17) is 4.98 Å². The second kappa shape index (κ2) is 7.94. The molecule has 0 radical (unpaired) electrons. The lowest BCUT2D eigenvalue weighted by Gasteiger charge is -2.06. The van der Waals surface area contributed by atoms with Gasteiger partial charge in [-0.05, 0) is 19.4 Å². The highest BCUT2D eigenvalue weighted by atomic mass is 32.2. The molecule has 0 saturated carbocycles.